The molecule has 2 fully saturated rings. The Bertz CT molecular complexity index is 137. The van der Waals surface area contributed by atoms with Crippen molar-refractivity contribution in [2.75, 3.05) is 19.8 Å². The van der Waals surface area contributed by atoms with E-state index in [9.17, 15) is 0 Å². The van der Waals surface area contributed by atoms with Crippen molar-refractivity contribution in [3.05, 3.63) is 0 Å². The molecule has 1 N–H and O–H groups in total. The lowest BCUT2D eigenvalue weighted by Crippen LogP contribution is -2.46. The van der Waals surface area contributed by atoms with Crippen LogP contribution in [0.25, 0.3) is 0 Å². The molecule has 2 aliphatic heterocycles. The Balaban J connectivity index is 1.80. The number of nitrogens with one attached hydrogen (secondary N) is 1. The molecule has 3 heteroatoms. The van der Waals surface area contributed by atoms with Crippen molar-refractivity contribution in [3.8, 4) is 0 Å². The molecule has 0 radical (unpaired) electrons. The van der Waals surface area contributed by atoms with Gasteiger partial charge in [0, 0.05) is 0 Å². The summed E-state index contributed by atoms with van der Waals surface area (Å²) in [7, 11) is 0. The molecule has 70 valence electrons. The van der Waals surface area contributed by atoms with Gasteiger partial charge < -0.3 is 14.8 Å². The third-order valence-electron chi connectivity index (χ3n) is 2.68. The fourth-order valence-electron chi connectivity index (χ4n) is 1.86. The lowest BCUT2D eigenvalue weighted by molar-refractivity contribution is -0.0745. The zero-order valence-corrected chi connectivity index (χ0v) is 7.58. The Morgan fingerprint density at radius 1 is 1.17 bits per heavy atom. The number of hydrogen-bond acceptors (Lipinski definition) is 3. The van der Waals surface area contributed by atoms with Gasteiger partial charge in [-0.1, -0.05) is 6.92 Å². The average molecular weight is 171 g/mol. The molecule has 2 rings (SSSR count). The van der Waals surface area contributed by atoms with E-state index in [0.29, 0.717) is 6.04 Å². The summed E-state index contributed by atoms with van der Waals surface area (Å²) in [5, 5.41) is 3.46. The second kappa shape index (κ2) is 3.73. The lowest BCUT2D eigenvalue weighted by atomic mass is 9.96. The first-order valence-electron chi connectivity index (χ1n) is 4.83. The molecule has 0 spiro atoms. The van der Waals surface area contributed by atoms with E-state index in [1.54, 1.807) is 0 Å². The standard InChI is InChI=1S/C9H17NO2/c1-7-2-3-8(10-6-7)9-11-4-5-12-9/h7-10H,2-6H2,1H3. The van der Waals surface area contributed by atoms with Gasteiger partial charge in [-0.3, -0.25) is 0 Å². The summed E-state index contributed by atoms with van der Waals surface area (Å²) in [6.45, 7) is 4.91. The first-order chi connectivity index (χ1) is 5.86. The fraction of sp³-hybridized carbons (Fsp3) is 1.00. The van der Waals surface area contributed by atoms with Crippen LogP contribution in [0.5, 0.6) is 0 Å². The maximum absolute atomic E-state index is 5.44. The molecule has 2 aliphatic rings. The van der Waals surface area contributed by atoms with Crippen molar-refractivity contribution in [2.45, 2.75) is 32.1 Å². The molecule has 0 aromatic rings. The van der Waals surface area contributed by atoms with Crippen LogP contribution in [0.15, 0.2) is 0 Å². The quantitative estimate of drug-likeness (QED) is 0.631. The van der Waals surface area contributed by atoms with Crippen LogP contribution in [0.4, 0.5) is 0 Å². The van der Waals surface area contributed by atoms with E-state index in [4.69, 9.17) is 9.47 Å². The fourth-order valence-corrected chi connectivity index (χ4v) is 1.86. The van der Waals surface area contributed by atoms with Gasteiger partial charge in [-0.2, -0.15) is 0 Å². The SMILES string of the molecule is CC1CCC(C2OCCO2)NC1. The predicted molar refractivity (Wildman–Crippen MR) is 45.9 cm³/mol. The van der Waals surface area contributed by atoms with Crippen molar-refractivity contribution in [2.24, 2.45) is 5.92 Å². The van der Waals surface area contributed by atoms with E-state index in [2.05, 4.69) is 12.2 Å². The molecular formula is C9H17NO2. The highest BCUT2D eigenvalue weighted by molar-refractivity contribution is 4.79. The Kier molecular flexibility index (Phi) is 2.63. The largest absolute Gasteiger partial charge is 0.349 e. The van der Waals surface area contributed by atoms with Crippen LogP contribution in [0.2, 0.25) is 0 Å². The normalized spacial score (nSPS) is 38.8. The van der Waals surface area contributed by atoms with Gasteiger partial charge in [0.2, 0.25) is 0 Å². The van der Waals surface area contributed by atoms with Crippen molar-refractivity contribution < 1.29 is 9.47 Å². The molecule has 0 amide bonds. The second-order valence-electron chi connectivity index (χ2n) is 3.81. The molecule has 12 heavy (non-hydrogen) atoms. The van der Waals surface area contributed by atoms with Gasteiger partial charge in [0.25, 0.3) is 0 Å². The highest BCUT2D eigenvalue weighted by atomic mass is 16.7. The zero-order valence-electron chi connectivity index (χ0n) is 7.58. The third-order valence-corrected chi connectivity index (χ3v) is 2.68. The van der Waals surface area contributed by atoms with E-state index in [-0.39, 0.29) is 6.29 Å². The first kappa shape index (κ1) is 8.48. The van der Waals surface area contributed by atoms with Crippen molar-refractivity contribution in [1.29, 1.82) is 0 Å². The van der Waals surface area contributed by atoms with Crippen LogP contribution in [-0.4, -0.2) is 32.1 Å². The maximum Gasteiger partial charge on any atom is 0.172 e. The van der Waals surface area contributed by atoms with Crippen LogP contribution in [0, 0.1) is 5.92 Å². The first-order valence-corrected chi connectivity index (χ1v) is 4.83. The molecule has 0 aromatic carbocycles. The molecule has 0 aliphatic carbocycles. The minimum absolute atomic E-state index is 0.0255. The van der Waals surface area contributed by atoms with E-state index in [1.165, 1.54) is 12.8 Å². The molecule has 2 unspecified atom stereocenters. The van der Waals surface area contributed by atoms with Gasteiger partial charge in [-0.15, -0.1) is 0 Å². The van der Waals surface area contributed by atoms with Crippen LogP contribution in [-0.2, 0) is 9.47 Å². The maximum atomic E-state index is 5.44. The van der Waals surface area contributed by atoms with Gasteiger partial charge in [0.05, 0.1) is 19.3 Å². The molecule has 0 aromatic heterocycles. The summed E-state index contributed by atoms with van der Waals surface area (Å²) < 4.78 is 10.9. The molecule has 2 heterocycles. The van der Waals surface area contributed by atoms with E-state index in [1.807, 2.05) is 0 Å². The minimum atomic E-state index is 0.0255. The van der Waals surface area contributed by atoms with E-state index in [0.717, 1.165) is 25.7 Å². The van der Waals surface area contributed by atoms with Gasteiger partial charge in [-0.25, -0.2) is 0 Å². The van der Waals surface area contributed by atoms with Crippen LogP contribution in [0.1, 0.15) is 19.8 Å². The summed E-state index contributed by atoms with van der Waals surface area (Å²) >= 11 is 0. The zero-order chi connectivity index (χ0) is 8.39. The highest BCUT2D eigenvalue weighted by Crippen LogP contribution is 2.19. The van der Waals surface area contributed by atoms with E-state index >= 15 is 0 Å². The molecule has 0 bridgehead atoms. The van der Waals surface area contributed by atoms with E-state index < -0.39 is 0 Å². The summed E-state index contributed by atoms with van der Waals surface area (Å²) in [6, 6.07) is 0.434. The van der Waals surface area contributed by atoms with Crippen LogP contribution < -0.4 is 5.32 Å². The molecule has 2 saturated heterocycles. The Morgan fingerprint density at radius 3 is 2.50 bits per heavy atom. The summed E-state index contributed by atoms with van der Waals surface area (Å²) in [5.41, 5.74) is 0. The smallest absolute Gasteiger partial charge is 0.172 e. The van der Waals surface area contributed by atoms with Crippen molar-refractivity contribution in [3.63, 3.8) is 0 Å². The summed E-state index contributed by atoms with van der Waals surface area (Å²) in [4.78, 5) is 0. The monoisotopic (exact) mass is 171 g/mol. The Hall–Kier alpha value is -0.120. The topological polar surface area (TPSA) is 30.5 Å². The molecule has 2 atom stereocenters. The Morgan fingerprint density at radius 2 is 1.92 bits per heavy atom. The molecule has 3 nitrogen and oxygen atoms in total. The minimum Gasteiger partial charge on any atom is -0.349 e. The van der Waals surface area contributed by atoms with Crippen LogP contribution in [0.3, 0.4) is 0 Å². The number of rotatable bonds is 1. The van der Waals surface area contributed by atoms with Gasteiger partial charge in [-0.05, 0) is 25.3 Å². The predicted octanol–water partition coefficient (Wildman–Crippen LogP) is 0.747. The number of hydrogen-bond donors (Lipinski definition) is 1. The van der Waals surface area contributed by atoms with Gasteiger partial charge in [0.15, 0.2) is 6.29 Å². The molecule has 0 saturated carbocycles. The third kappa shape index (κ3) is 1.79. The lowest BCUT2D eigenvalue weighted by Gasteiger charge is -2.30. The second-order valence-corrected chi connectivity index (χ2v) is 3.81. The van der Waals surface area contributed by atoms with Crippen molar-refractivity contribution >= 4 is 0 Å². The number of piperidine rings is 1. The average Bonchev–Trinajstić information content (AvgIpc) is 2.58. The van der Waals surface area contributed by atoms with Gasteiger partial charge >= 0.3 is 0 Å². The Labute approximate surface area is 73.4 Å². The summed E-state index contributed by atoms with van der Waals surface area (Å²) in [5.74, 6) is 0.808. The number of ether oxygens (including phenoxy) is 2. The molecular weight excluding hydrogens is 154 g/mol. The van der Waals surface area contributed by atoms with Gasteiger partial charge in [0.1, 0.15) is 0 Å². The van der Waals surface area contributed by atoms with Crippen molar-refractivity contribution in [1.82, 2.24) is 5.32 Å². The van der Waals surface area contributed by atoms with Crippen LogP contribution >= 0.6 is 0 Å². The summed E-state index contributed by atoms with van der Waals surface area (Å²) in [6.07, 6.45) is 2.50. The highest BCUT2D eigenvalue weighted by Gasteiger charge is 2.29.